The molecule has 9 heteroatoms. The fourth-order valence-electron chi connectivity index (χ4n) is 1.75. The monoisotopic (exact) mass is 316 g/mol. The second kappa shape index (κ2) is 5.74. The maximum atomic E-state index is 11.9. The summed E-state index contributed by atoms with van der Waals surface area (Å²) >= 11 is 1.19. The van der Waals surface area contributed by atoms with E-state index in [2.05, 4.69) is 15.5 Å². The molecule has 0 spiro atoms. The lowest BCUT2D eigenvalue weighted by Gasteiger charge is -1.98. The number of carbonyl (C=O) groups excluding carboxylic acids is 1. The smallest absolute Gasteiger partial charge is 0.293 e. The number of nitro benzene ring substituents is 1. The topological polar surface area (TPSA) is 111 Å². The molecule has 0 saturated heterocycles. The van der Waals surface area contributed by atoms with Crippen molar-refractivity contribution in [3.63, 3.8) is 0 Å². The number of furan rings is 1. The summed E-state index contributed by atoms with van der Waals surface area (Å²) in [6.45, 7) is 0. The van der Waals surface area contributed by atoms with Gasteiger partial charge in [-0.05, 0) is 24.3 Å². The quantitative estimate of drug-likeness (QED) is 0.585. The van der Waals surface area contributed by atoms with Crippen molar-refractivity contribution in [2.75, 3.05) is 5.32 Å². The van der Waals surface area contributed by atoms with E-state index in [-0.39, 0.29) is 11.4 Å². The van der Waals surface area contributed by atoms with Gasteiger partial charge in [0.2, 0.25) is 5.13 Å². The Balaban J connectivity index is 1.78. The first-order valence-electron chi connectivity index (χ1n) is 6.05. The van der Waals surface area contributed by atoms with E-state index in [0.717, 1.165) is 0 Å². The molecular formula is C13H8N4O4S. The molecule has 1 aromatic carbocycles. The highest BCUT2D eigenvalue weighted by Crippen LogP contribution is 2.25. The molecule has 3 rings (SSSR count). The summed E-state index contributed by atoms with van der Waals surface area (Å²) in [5, 5.41) is 20.9. The predicted octanol–water partition coefficient (Wildman–Crippen LogP) is 2.96. The van der Waals surface area contributed by atoms with Gasteiger partial charge in [0.05, 0.1) is 4.92 Å². The van der Waals surface area contributed by atoms with Gasteiger partial charge >= 0.3 is 0 Å². The molecule has 0 unspecified atom stereocenters. The van der Waals surface area contributed by atoms with Crippen molar-refractivity contribution in [1.29, 1.82) is 0 Å². The van der Waals surface area contributed by atoms with Crippen LogP contribution in [0.3, 0.4) is 0 Å². The Morgan fingerprint density at radius 3 is 2.64 bits per heavy atom. The van der Waals surface area contributed by atoms with Crippen LogP contribution in [0.5, 0.6) is 0 Å². The number of hydrogen-bond acceptors (Lipinski definition) is 7. The van der Waals surface area contributed by atoms with E-state index >= 15 is 0 Å². The SMILES string of the molecule is O=C(Nc1nncs1)c1ccc(-c2ccc([N+](=O)[O-])cc2)o1. The van der Waals surface area contributed by atoms with Crippen LogP contribution in [-0.2, 0) is 0 Å². The van der Waals surface area contributed by atoms with E-state index in [1.807, 2.05) is 0 Å². The highest BCUT2D eigenvalue weighted by Gasteiger charge is 2.14. The average Bonchev–Trinajstić information content (AvgIpc) is 3.18. The molecule has 2 aromatic heterocycles. The number of rotatable bonds is 4. The number of hydrogen-bond donors (Lipinski definition) is 1. The van der Waals surface area contributed by atoms with E-state index in [1.54, 1.807) is 18.2 Å². The summed E-state index contributed by atoms with van der Waals surface area (Å²) in [7, 11) is 0. The third-order valence-corrected chi connectivity index (χ3v) is 3.38. The Morgan fingerprint density at radius 1 is 1.23 bits per heavy atom. The maximum Gasteiger partial charge on any atom is 0.293 e. The molecule has 2 heterocycles. The number of nitro groups is 1. The van der Waals surface area contributed by atoms with Crippen LogP contribution in [0.1, 0.15) is 10.6 Å². The van der Waals surface area contributed by atoms with Crippen molar-refractivity contribution in [2.24, 2.45) is 0 Å². The number of non-ortho nitro benzene ring substituents is 1. The van der Waals surface area contributed by atoms with E-state index in [4.69, 9.17) is 4.42 Å². The van der Waals surface area contributed by atoms with Crippen molar-refractivity contribution >= 4 is 28.1 Å². The lowest BCUT2D eigenvalue weighted by molar-refractivity contribution is -0.384. The molecule has 1 N–H and O–H groups in total. The lowest BCUT2D eigenvalue weighted by atomic mass is 10.1. The van der Waals surface area contributed by atoms with Crippen LogP contribution >= 0.6 is 11.3 Å². The van der Waals surface area contributed by atoms with Crippen molar-refractivity contribution in [1.82, 2.24) is 10.2 Å². The Bertz CT molecular complexity index is 811. The summed E-state index contributed by atoms with van der Waals surface area (Å²) in [6, 6.07) is 9.01. The van der Waals surface area contributed by atoms with Gasteiger partial charge in [0, 0.05) is 17.7 Å². The molecule has 110 valence electrons. The number of nitrogens with one attached hydrogen (secondary N) is 1. The van der Waals surface area contributed by atoms with Crippen LogP contribution in [-0.4, -0.2) is 21.0 Å². The Morgan fingerprint density at radius 2 is 2.00 bits per heavy atom. The molecule has 0 aliphatic carbocycles. The first kappa shape index (κ1) is 13.9. The first-order chi connectivity index (χ1) is 10.6. The largest absolute Gasteiger partial charge is 0.451 e. The highest BCUT2D eigenvalue weighted by molar-refractivity contribution is 7.13. The number of anilines is 1. The molecule has 3 aromatic rings. The zero-order valence-electron chi connectivity index (χ0n) is 10.9. The molecular weight excluding hydrogens is 308 g/mol. The van der Waals surface area contributed by atoms with Crippen LogP contribution in [0.2, 0.25) is 0 Å². The van der Waals surface area contributed by atoms with Crippen LogP contribution in [0.25, 0.3) is 11.3 Å². The van der Waals surface area contributed by atoms with Gasteiger partial charge in [-0.15, -0.1) is 10.2 Å². The molecule has 1 amide bonds. The van der Waals surface area contributed by atoms with Crippen LogP contribution in [0, 0.1) is 10.1 Å². The minimum Gasteiger partial charge on any atom is -0.451 e. The summed E-state index contributed by atoms with van der Waals surface area (Å²) < 4.78 is 5.46. The zero-order valence-corrected chi connectivity index (χ0v) is 11.7. The number of amides is 1. The van der Waals surface area contributed by atoms with Crippen molar-refractivity contribution < 1.29 is 14.1 Å². The first-order valence-corrected chi connectivity index (χ1v) is 6.93. The third-order valence-electron chi connectivity index (χ3n) is 2.77. The van der Waals surface area contributed by atoms with Crippen LogP contribution in [0.4, 0.5) is 10.8 Å². The number of carbonyl (C=O) groups is 1. The molecule has 0 fully saturated rings. The van der Waals surface area contributed by atoms with Gasteiger partial charge in [-0.1, -0.05) is 11.3 Å². The standard InChI is InChI=1S/C13H8N4O4S/c18-12(15-13-16-14-7-22-13)11-6-5-10(21-11)8-1-3-9(4-2-8)17(19)20/h1-7H,(H,15,16,18). The number of aromatic nitrogens is 2. The third kappa shape index (κ3) is 2.83. The Kier molecular flexibility index (Phi) is 3.62. The maximum absolute atomic E-state index is 11.9. The van der Waals surface area contributed by atoms with E-state index in [1.165, 1.54) is 35.0 Å². The van der Waals surface area contributed by atoms with E-state index in [9.17, 15) is 14.9 Å². The van der Waals surface area contributed by atoms with Crippen LogP contribution in [0.15, 0.2) is 46.3 Å². The van der Waals surface area contributed by atoms with Gasteiger partial charge in [-0.3, -0.25) is 20.2 Å². The second-order valence-corrected chi connectivity index (χ2v) is 5.00. The minimum atomic E-state index is -0.479. The Labute approximate surface area is 127 Å². The fourth-order valence-corrected chi connectivity index (χ4v) is 2.19. The highest BCUT2D eigenvalue weighted by atomic mass is 32.1. The molecule has 22 heavy (non-hydrogen) atoms. The van der Waals surface area contributed by atoms with Gasteiger partial charge in [0.25, 0.3) is 11.6 Å². The molecule has 0 radical (unpaired) electrons. The van der Waals surface area contributed by atoms with E-state index < -0.39 is 10.8 Å². The number of benzene rings is 1. The van der Waals surface area contributed by atoms with E-state index in [0.29, 0.717) is 16.5 Å². The Hall–Kier alpha value is -3.07. The predicted molar refractivity (Wildman–Crippen MR) is 78.7 cm³/mol. The van der Waals surface area contributed by atoms with Crippen molar-refractivity contribution in [3.8, 4) is 11.3 Å². The summed E-state index contributed by atoms with van der Waals surface area (Å²) in [4.78, 5) is 22.1. The van der Waals surface area contributed by atoms with Gasteiger partial charge < -0.3 is 4.42 Å². The fraction of sp³-hybridized carbons (Fsp3) is 0. The van der Waals surface area contributed by atoms with Gasteiger partial charge in [0.1, 0.15) is 11.3 Å². The molecule has 8 nitrogen and oxygen atoms in total. The lowest BCUT2D eigenvalue weighted by Crippen LogP contribution is -2.10. The molecule has 0 saturated carbocycles. The second-order valence-electron chi connectivity index (χ2n) is 4.17. The van der Waals surface area contributed by atoms with Gasteiger partial charge in [0.15, 0.2) is 5.76 Å². The van der Waals surface area contributed by atoms with Gasteiger partial charge in [-0.2, -0.15) is 0 Å². The molecule has 0 atom stereocenters. The zero-order chi connectivity index (χ0) is 15.5. The normalized spacial score (nSPS) is 10.4. The minimum absolute atomic E-state index is 0.00968. The molecule has 0 aliphatic rings. The number of nitrogens with zero attached hydrogens (tertiary/aromatic N) is 3. The summed E-state index contributed by atoms with van der Waals surface area (Å²) in [6.07, 6.45) is 0. The van der Waals surface area contributed by atoms with Crippen LogP contribution < -0.4 is 5.32 Å². The molecule has 0 aliphatic heterocycles. The summed E-state index contributed by atoms with van der Waals surface area (Å²) in [5.41, 5.74) is 2.13. The molecule has 0 bridgehead atoms. The average molecular weight is 316 g/mol. The van der Waals surface area contributed by atoms with Gasteiger partial charge in [-0.25, -0.2) is 0 Å². The van der Waals surface area contributed by atoms with Crippen molar-refractivity contribution in [3.05, 3.63) is 57.8 Å². The summed E-state index contributed by atoms with van der Waals surface area (Å²) in [5.74, 6) is 0.116. The van der Waals surface area contributed by atoms with Crippen molar-refractivity contribution in [2.45, 2.75) is 0 Å².